The number of hydrogen-bond acceptors (Lipinski definition) is 8. The second-order valence-electron chi connectivity index (χ2n) is 16.0. The molecule has 1 atom stereocenters. The Labute approximate surface area is 361 Å². The fourth-order valence-corrected chi connectivity index (χ4v) is 8.51. The van der Waals surface area contributed by atoms with Crippen LogP contribution in [-0.2, 0) is 19.3 Å². The average molecular weight is 827 g/mol. The average Bonchev–Trinajstić information content (AvgIpc) is 3.45. The summed E-state index contributed by atoms with van der Waals surface area (Å²) in [5.41, 5.74) is 9.32. The van der Waals surface area contributed by atoms with E-state index in [2.05, 4.69) is 61.1 Å². The van der Waals surface area contributed by atoms with Gasteiger partial charge in [0.1, 0.15) is 11.2 Å². The predicted molar refractivity (Wildman–Crippen MR) is 246 cm³/mol. The maximum Gasteiger partial charge on any atom is 0.204 e. The summed E-state index contributed by atoms with van der Waals surface area (Å²) in [6, 6.07) is 18.4. The van der Waals surface area contributed by atoms with Crippen molar-refractivity contribution in [3.63, 3.8) is 0 Å². The quantitative estimate of drug-likeness (QED) is 0.0464. The van der Waals surface area contributed by atoms with E-state index in [0.717, 1.165) is 50.6 Å². The molecule has 0 fully saturated rings. The summed E-state index contributed by atoms with van der Waals surface area (Å²) in [4.78, 5) is 0. The molecule has 5 aromatic rings. The molecule has 4 aromatic carbocycles. The summed E-state index contributed by atoms with van der Waals surface area (Å²) in [6.07, 6.45) is 25.2. The highest BCUT2D eigenvalue weighted by molar-refractivity contribution is 5.90. The van der Waals surface area contributed by atoms with E-state index in [1.807, 2.05) is 68.5 Å². The standard InChI is InChI=1S/C54H50O8/c1-7-41-42-29-38(36-19-12-9-13-20-36)23-16-24-43(42)62-44(41)26-31(3)39(28-40-27-37-22-15-14-21-35(37)18-11-8-10-17-30(40)2)25-32(4)45-46(33(5)48(55)52(59)50(45)57)47-34(6)49(56)53(60)54(61)51(47)58/h1,8-15,17,19-24,28-29,32,55-61H,2,16,18,25-27H2,3-6H3/b11-8-,17-10-,39-31+,40-28+. The molecule has 7 rings (SSSR count). The molecule has 0 saturated carbocycles. The van der Waals surface area contributed by atoms with Gasteiger partial charge in [-0.15, -0.1) is 6.42 Å². The predicted octanol–water partition coefficient (Wildman–Crippen LogP) is 9.98. The molecular formula is C54H50O8. The Hall–Kier alpha value is -7.50. The van der Waals surface area contributed by atoms with Crippen molar-refractivity contribution in [1.82, 2.24) is 0 Å². The van der Waals surface area contributed by atoms with Gasteiger partial charge in [0.15, 0.2) is 23.0 Å². The minimum absolute atomic E-state index is 0.0246. The monoisotopic (exact) mass is 826 g/mol. The lowest BCUT2D eigenvalue weighted by Gasteiger charge is -2.25. The molecule has 1 unspecified atom stereocenters. The number of phenolic OH excluding ortho intramolecular Hbond substituents is 7. The van der Waals surface area contributed by atoms with Gasteiger partial charge >= 0.3 is 0 Å². The molecule has 0 saturated heterocycles. The van der Waals surface area contributed by atoms with Crippen LogP contribution in [0.1, 0.15) is 77.3 Å². The molecule has 0 spiro atoms. The number of terminal acetylenes is 1. The summed E-state index contributed by atoms with van der Waals surface area (Å²) >= 11 is 0. The molecule has 62 heavy (non-hydrogen) atoms. The lowest BCUT2D eigenvalue weighted by Crippen LogP contribution is -2.21. The normalized spacial score (nSPS) is 16.3. The van der Waals surface area contributed by atoms with Crippen molar-refractivity contribution >= 4 is 17.7 Å². The maximum absolute atomic E-state index is 11.7. The van der Waals surface area contributed by atoms with E-state index < -0.39 is 46.2 Å². The number of benzene rings is 4. The second-order valence-corrected chi connectivity index (χ2v) is 16.0. The molecule has 1 aromatic heterocycles. The summed E-state index contributed by atoms with van der Waals surface area (Å²) in [6.45, 7) is 11.2. The molecule has 0 radical (unpaired) electrons. The van der Waals surface area contributed by atoms with Crippen molar-refractivity contribution in [2.45, 2.75) is 65.7 Å². The SMILES string of the molecule is C#Cc1c(C/C(C)=C(/C=C2\Cc3ccccc3C/C=C\C=C/C2=C)CC(C)c2c(O)c(O)c(O)c(C)c2-c2c(C)c(O)c(O)c(O)c2O)oc2c1=CC(c1ccccc1)=CCC=2. The van der Waals surface area contributed by atoms with Gasteiger partial charge in [-0.05, 0) is 109 Å². The summed E-state index contributed by atoms with van der Waals surface area (Å²) < 4.78 is 6.58. The van der Waals surface area contributed by atoms with Crippen molar-refractivity contribution in [1.29, 1.82) is 0 Å². The van der Waals surface area contributed by atoms with Crippen LogP contribution in [-0.4, -0.2) is 35.7 Å². The minimum Gasteiger partial charge on any atom is -0.504 e. The molecule has 1 heterocycles. The molecule has 0 amide bonds. The van der Waals surface area contributed by atoms with Crippen molar-refractivity contribution in [2.24, 2.45) is 0 Å². The molecule has 8 heteroatoms. The molecule has 7 N–H and O–H groups in total. The number of phenols is 7. The van der Waals surface area contributed by atoms with E-state index in [1.165, 1.54) is 19.4 Å². The highest BCUT2D eigenvalue weighted by Gasteiger charge is 2.32. The Morgan fingerprint density at radius 2 is 1.45 bits per heavy atom. The lowest BCUT2D eigenvalue weighted by molar-refractivity contribution is 0.345. The summed E-state index contributed by atoms with van der Waals surface area (Å²) in [7, 11) is 0. The number of allylic oxidation sites excluding steroid dienone is 11. The lowest BCUT2D eigenvalue weighted by atomic mass is 9.80. The molecule has 314 valence electrons. The third-order valence-corrected chi connectivity index (χ3v) is 12.0. The first kappa shape index (κ1) is 42.6. The number of furan rings is 1. The summed E-state index contributed by atoms with van der Waals surface area (Å²) in [5, 5.41) is 77.8. The molecule has 0 aliphatic heterocycles. The molecule has 0 bridgehead atoms. The van der Waals surface area contributed by atoms with Crippen LogP contribution in [0, 0.1) is 26.2 Å². The van der Waals surface area contributed by atoms with Gasteiger partial charge in [0.25, 0.3) is 0 Å². The highest BCUT2D eigenvalue weighted by Crippen LogP contribution is 2.57. The molecule has 2 aliphatic rings. The summed E-state index contributed by atoms with van der Waals surface area (Å²) in [5.74, 6) is -2.56. The molecule has 2 aliphatic carbocycles. The Kier molecular flexibility index (Phi) is 12.1. The van der Waals surface area contributed by atoms with Gasteiger partial charge in [-0.3, -0.25) is 0 Å². The number of hydrogen-bond donors (Lipinski definition) is 7. The zero-order valence-electron chi connectivity index (χ0n) is 35.3. The number of aromatic hydroxyl groups is 7. The smallest absolute Gasteiger partial charge is 0.204 e. The van der Waals surface area contributed by atoms with Crippen molar-refractivity contribution in [2.75, 3.05) is 0 Å². The van der Waals surface area contributed by atoms with Crippen LogP contribution in [0.2, 0.25) is 0 Å². The van der Waals surface area contributed by atoms with Crippen LogP contribution in [0.3, 0.4) is 0 Å². The number of rotatable bonds is 8. The fourth-order valence-electron chi connectivity index (χ4n) is 8.51. The van der Waals surface area contributed by atoms with Crippen LogP contribution in [0.5, 0.6) is 40.2 Å². The van der Waals surface area contributed by atoms with E-state index >= 15 is 0 Å². The van der Waals surface area contributed by atoms with E-state index in [1.54, 1.807) is 0 Å². The van der Waals surface area contributed by atoms with Crippen LogP contribution >= 0.6 is 0 Å². The van der Waals surface area contributed by atoms with Gasteiger partial charge in [0.05, 0.1) is 5.56 Å². The second kappa shape index (κ2) is 17.6. The van der Waals surface area contributed by atoms with Gasteiger partial charge < -0.3 is 40.2 Å². The third-order valence-electron chi connectivity index (χ3n) is 12.0. The Morgan fingerprint density at radius 3 is 2.16 bits per heavy atom. The van der Waals surface area contributed by atoms with E-state index in [0.29, 0.717) is 36.0 Å². The van der Waals surface area contributed by atoms with Crippen LogP contribution < -0.4 is 10.6 Å². The largest absolute Gasteiger partial charge is 0.504 e. The first-order chi connectivity index (χ1) is 29.7. The van der Waals surface area contributed by atoms with Crippen LogP contribution in [0.15, 0.2) is 124 Å². The number of fused-ring (bicyclic) bond motifs is 2. The molecular weight excluding hydrogens is 777 g/mol. The van der Waals surface area contributed by atoms with Gasteiger partial charge in [-0.2, -0.15) is 0 Å². The van der Waals surface area contributed by atoms with Crippen LogP contribution in [0.25, 0.3) is 28.9 Å². The van der Waals surface area contributed by atoms with E-state index in [4.69, 9.17) is 10.8 Å². The van der Waals surface area contributed by atoms with Crippen molar-refractivity contribution in [3.8, 4) is 63.7 Å². The molecule has 8 nitrogen and oxygen atoms in total. The first-order valence-corrected chi connectivity index (χ1v) is 20.5. The van der Waals surface area contributed by atoms with Gasteiger partial charge in [0.2, 0.25) is 17.2 Å². The topological polar surface area (TPSA) is 155 Å². The zero-order chi connectivity index (χ0) is 44.4. The third kappa shape index (κ3) is 8.05. The Bertz CT molecular complexity index is 2930. The fraction of sp³-hybridized carbons (Fsp3) is 0.185. The zero-order valence-corrected chi connectivity index (χ0v) is 35.3. The van der Waals surface area contributed by atoms with Gasteiger partial charge in [-0.1, -0.05) is 116 Å². The van der Waals surface area contributed by atoms with E-state index in [9.17, 15) is 35.7 Å². The van der Waals surface area contributed by atoms with Gasteiger partial charge in [-0.25, -0.2) is 0 Å². The van der Waals surface area contributed by atoms with E-state index in [-0.39, 0.29) is 34.2 Å². The van der Waals surface area contributed by atoms with Crippen molar-refractivity contribution < 1.29 is 40.2 Å². The Morgan fingerprint density at radius 1 is 0.806 bits per heavy atom. The van der Waals surface area contributed by atoms with Gasteiger partial charge in [0, 0.05) is 33.9 Å². The van der Waals surface area contributed by atoms with Crippen molar-refractivity contribution in [3.05, 3.63) is 175 Å². The minimum atomic E-state index is -0.978. The van der Waals surface area contributed by atoms with Crippen LogP contribution in [0.4, 0.5) is 0 Å². The Balaban J connectivity index is 1.43. The maximum atomic E-state index is 11.7. The highest BCUT2D eigenvalue weighted by atomic mass is 16.3. The first-order valence-electron chi connectivity index (χ1n) is 20.5.